The number of carbonyl (C=O) groups is 1. The molecule has 1 aliphatic rings. The van der Waals surface area contributed by atoms with Gasteiger partial charge in [0.2, 0.25) is 0 Å². The smallest absolute Gasteiger partial charge is 0.310 e. The lowest BCUT2D eigenvalue weighted by molar-refractivity contribution is -0.145. The van der Waals surface area contributed by atoms with Crippen LogP contribution in [0.5, 0.6) is 0 Å². The van der Waals surface area contributed by atoms with Crippen LogP contribution in [0.25, 0.3) is 0 Å². The van der Waals surface area contributed by atoms with Gasteiger partial charge in [0.1, 0.15) is 6.07 Å². The third-order valence-electron chi connectivity index (χ3n) is 3.54. The fourth-order valence-corrected chi connectivity index (χ4v) is 2.86. The summed E-state index contributed by atoms with van der Waals surface area (Å²) in [6.07, 6.45) is 0. The van der Waals surface area contributed by atoms with Crippen LogP contribution in [-0.4, -0.2) is 26.2 Å². The van der Waals surface area contributed by atoms with Crippen molar-refractivity contribution in [1.82, 2.24) is 0 Å². The molecule has 0 spiro atoms. The zero-order valence-electron chi connectivity index (χ0n) is 10.9. The maximum atomic E-state index is 11.7. The Morgan fingerprint density at radius 2 is 2.26 bits per heavy atom. The Kier molecular flexibility index (Phi) is 4.11. The van der Waals surface area contributed by atoms with E-state index in [0.29, 0.717) is 12.1 Å². The fourth-order valence-electron chi connectivity index (χ4n) is 2.50. The van der Waals surface area contributed by atoms with Crippen molar-refractivity contribution >= 4 is 27.6 Å². The lowest BCUT2D eigenvalue weighted by atomic mass is 9.99. The van der Waals surface area contributed by atoms with Crippen molar-refractivity contribution in [3.05, 3.63) is 28.2 Å². The molecule has 1 aromatic rings. The third kappa shape index (κ3) is 2.74. The molecule has 2 rings (SSSR count). The highest BCUT2D eigenvalue weighted by atomic mass is 79.9. The Morgan fingerprint density at radius 1 is 1.53 bits per heavy atom. The van der Waals surface area contributed by atoms with Gasteiger partial charge in [0.05, 0.1) is 24.3 Å². The number of hydrogen-bond donors (Lipinski definition) is 0. The summed E-state index contributed by atoms with van der Waals surface area (Å²) in [5, 5.41) is 9.20. The molecule has 1 fully saturated rings. The van der Waals surface area contributed by atoms with Crippen molar-refractivity contribution in [3.8, 4) is 6.07 Å². The molecule has 2 atom stereocenters. The number of methoxy groups -OCH3 is 1. The van der Waals surface area contributed by atoms with Gasteiger partial charge in [0.15, 0.2) is 0 Å². The maximum Gasteiger partial charge on any atom is 0.310 e. The molecule has 0 bridgehead atoms. The van der Waals surface area contributed by atoms with Gasteiger partial charge in [-0.2, -0.15) is 5.26 Å². The standard InChI is InChI=1S/C14H15BrN2O2/c1-9-7-17(8-12(9)14(18)19-2)13-4-3-11(15)5-10(13)6-16/h3-5,9,12H,7-8H2,1-2H3. The van der Waals surface area contributed by atoms with Crippen LogP contribution in [-0.2, 0) is 9.53 Å². The van der Waals surface area contributed by atoms with Crippen LogP contribution in [0.15, 0.2) is 22.7 Å². The highest BCUT2D eigenvalue weighted by Gasteiger charge is 2.36. The highest BCUT2D eigenvalue weighted by Crippen LogP contribution is 2.32. The van der Waals surface area contributed by atoms with Gasteiger partial charge in [0.25, 0.3) is 0 Å². The number of halogens is 1. The predicted molar refractivity (Wildman–Crippen MR) is 75.7 cm³/mol. The molecule has 0 aliphatic carbocycles. The van der Waals surface area contributed by atoms with Crippen LogP contribution in [0.3, 0.4) is 0 Å². The molecule has 5 heteroatoms. The Bertz CT molecular complexity index is 539. The number of esters is 1. The molecule has 0 amide bonds. The second-order valence-corrected chi connectivity index (χ2v) is 5.70. The van der Waals surface area contributed by atoms with E-state index >= 15 is 0 Å². The van der Waals surface area contributed by atoms with E-state index in [2.05, 4.69) is 26.9 Å². The molecular formula is C14H15BrN2O2. The molecule has 0 radical (unpaired) electrons. The lowest BCUT2D eigenvalue weighted by Crippen LogP contribution is -2.24. The summed E-state index contributed by atoms with van der Waals surface area (Å²) < 4.78 is 5.71. The van der Waals surface area contributed by atoms with E-state index in [0.717, 1.165) is 16.7 Å². The van der Waals surface area contributed by atoms with E-state index < -0.39 is 0 Å². The molecule has 1 aromatic carbocycles. The quantitative estimate of drug-likeness (QED) is 0.785. The van der Waals surface area contributed by atoms with Gasteiger partial charge in [0, 0.05) is 17.6 Å². The number of ether oxygens (including phenoxy) is 1. The minimum absolute atomic E-state index is 0.125. The highest BCUT2D eigenvalue weighted by molar-refractivity contribution is 9.10. The minimum atomic E-state index is -0.175. The van der Waals surface area contributed by atoms with Crippen LogP contribution in [0, 0.1) is 23.2 Å². The maximum absolute atomic E-state index is 11.7. The van der Waals surface area contributed by atoms with Gasteiger partial charge in [-0.05, 0) is 24.1 Å². The molecule has 1 aliphatic heterocycles. The van der Waals surface area contributed by atoms with Gasteiger partial charge in [-0.25, -0.2) is 0 Å². The summed E-state index contributed by atoms with van der Waals surface area (Å²) >= 11 is 3.36. The molecule has 4 nitrogen and oxygen atoms in total. The summed E-state index contributed by atoms with van der Waals surface area (Å²) in [6.45, 7) is 3.40. The van der Waals surface area contributed by atoms with Crippen molar-refractivity contribution < 1.29 is 9.53 Å². The van der Waals surface area contributed by atoms with Crippen LogP contribution in [0.2, 0.25) is 0 Å². The number of nitrogens with zero attached hydrogens (tertiary/aromatic N) is 2. The van der Waals surface area contributed by atoms with Crippen LogP contribution >= 0.6 is 15.9 Å². The number of hydrogen-bond acceptors (Lipinski definition) is 4. The molecule has 19 heavy (non-hydrogen) atoms. The van der Waals surface area contributed by atoms with Crippen molar-refractivity contribution in [2.45, 2.75) is 6.92 Å². The predicted octanol–water partition coefficient (Wildman–Crippen LogP) is 2.57. The molecule has 0 saturated carbocycles. The van der Waals surface area contributed by atoms with Gasteiger partial charge in [-0.1, -0.05) is 22.9 Å². The van der Waals surface area contributed by atoms with E-state index in [4.69, 9.17) is 4.74 Å². The number of benzene rings is 1. The number of rotatable bonds is 2. The normalized spacial score (nSPS) is 22.1. The van der Waals surface area contributed by atoms with Crippen LogP contribution < -0.4 is 4.90 Å². The van der Waals surface area contributed by atoms with E-state index in [9.17, 15) is 10.1 Å². The monoisotopic (exact) mass is 322 g/mol. The Labute approximate surface area is 121 Å². The second-order valence-electron chi connectivity index (χ2n) is 4.79. The first-order valence-electron chi connectivity index (χ1n) is 6.09. The summed E-state index contributed by atoms with van der Waals surface area (Å²) in [4.78, 5) is 13.8. The van der Waals surface area contributed by atoms with Gasteiger partial charge in [-0.15, -0.1) is 0 Å². The summed E-state index contributed by atoms with van der Waals surface area (Å²) in [5.74, 6) is -0.0755. The Morgan fingerprint density at radius 3 is 2.89 bits per heavy atom. The summed E-state index contributed by atoms with van der Waals surface area (Å²) in [7, 11) is 1.41. The molecule has 1 saturated heterocycles. The van der Waals surface area contributed by atoms with E-state index in [-0.39, 0.29) is 17.8 Å². The first-order chi connectivity index (χ1) is 9.06. The van der Waals surface area contributed by atoms with E-state index in [1.165, 1.54) is 7.11 Å². The zero-order valence-corrected chi connectivity index (χ0v) is 12.5. The van der Waals surface area contributed by atoms with E-state index in [1.807, 2.05) is 19.1 Å². The van der Waals surface area contributed by atoms with Gasteiger partial charge >= 0.3 is 5.97 Å². The minimum Gasteiger partial charge on any atom is -0.469 e. The summed E-state index contributed by atoms with van der Waals surface area (Å²) in [5.41, 5.74) is 1.50. The number of nitriles is 1. The molecule has 0 aromatic heterocycles. The van der Waals surface area contributed by atoms with E-state index in [1.54, 1.807) is 6.07 Å². The Balaban J connectivity index is 2.26. The van der Waals surface area contributed by atoms with Crippen molar-refractivity contribution in [3.63, 3.8) is 0 Å². The second kappa shape index (κ2) is 5.62. The average molecular weight is 323 g/mol. The van der Waals surface area contributed by atoms with Crippen molar-refractivity contribution in [2.24, 2.45) is 11.8 Å². The average Bonchev–Trinajstić information content (AvgIpc) is 2.79. The SMILES string of the molecule is COC(=O)C1CN(c2ccc(Br)cc2C#N)CC1C. The third-order valence-corrected chi connectivity index (χ3v) is 4.03. The Hall–Kier alpha value is -1.54. The van der Waals surface area contributed by atoms with Crippen LogP contribution in [0.4, 0.5) is 5.69 Å². The van der Waals surface area contributed by atoms with Crippen molar-refractivity contribution in [1.29, 1.82) is 5.26 Å². The van der Waals surface area contributed by atoms with Gasteiger partial charge in [-0.3, -0.25) is 4.79 Å². The van der Waals surface area contributed by atoms with Crippen molar-refractivity contribution in [2.75, 3.05) is 25.1 Å². The molecule has 0 N–H and O–H groups in total. The lowest BCUT2D eigenvalue weighted by Gasteiger charge is -2.19. The fraction of sp³-hybridized carbons (Fsp3) is 0.429. The molecule has 2 unspecified atom stereocenters. The molecular weight excluding hydrogens is 308 g/mol. The summed E-state index contributed by atoms with van der Waals surface area (Å²) in [6, 6.07) is 7.82. The number of anilines is 1. The topological polar surface area (TPSA) is 53.3 Å². The largest absolute Gasteiger partial charge is 0.469 e. The molecule has 100 valence electrons. The number of carbonyl (C=O) groups excluding carboxylic acids is 1. The van der Waals surface area contributed by atoms with Crippen LogP contribution in [0.1, 0.15) is 12.5 Å². The first kappa shape index (κ1) is 13.9. The first-order valence-corrected chi connectivity index (χ1v) is 6.88. The zero-order chi connectivity index (χ0) is 14.0. The molecule has 1 heterocycles. The van der Waals surface area contributed by atoms with Gasteiger partial charge < -0.3 is 9.64 Å².